The van der Waals surface area contributed by atoms with Crippen LogP contribution in [-0.4, -0.2) is 24.5 Å². The molecule has 0 aliphatic rings. The molecule has 0 spiro atoms. The molecule has 3 aromatic heterocycles. The Bertz CT molecular complexity index is 1470. The molecular formula is C25H25BrClN5O3. The van der Waals surface area contributed by atoms with E-state index in [-0.39, 0.29) is 27.9 Å². The quantitative estimate of drug-likeness (QED) is 0.301. The van der Waals surface area contributed by atoms with Crippen LogP contribution in [-0.2, 0) is 12.0 Å². The molecule has 4 rings (SSSR count). The highest BCUT2D eigenvalue weighted by molar-refractivity contribution is 9.10. The fourth-order valence-corrected chi connectivity index (χ4v) is 4.09. The highest BCUT2D eigenvalue weighted by Gasteiger charge is 2.21. The van der Waals surface area contributed by atoms with E-state index in [1.54, 1.807) is 19.9 Å². The van der Waals surface area contributed by atoms with Crippen LogP contribution < -0.4 is 10.3 Å². The Morgan fingerprint density at radius 3 is 2.54 bits per heavy atom. The van der Waals surface area contributed by atoms with Gasteiger partial charge in [0.2, 0.25) is 5.88 Å². The summed E-state index contributed by atoms with van der Waals surface area (Å²) in [5.41, 5.74) is 3.06. The van der Waals surface area contributed by atoms with Gasteiger partial charge in [-0.25, -0.2) is 15.0 Å². The number of aryl methyl sites for hydroxylation is 3. The molecule has 0 fully saturated rings. The van der Waals surface area contributed by atoms with Gasteiger partial charge >= 0.3 is 0 Å². The van der Waals surface area contributed by atoms with E-state index >= 15 is 0 Å². The van der Waals surface area contributed by atoms with E-state index in [1.807, 2.05) is 25.3 Å². The lowest BCUT2D eigenvalue weighted by molar-refractivity contribution is 0.284. The first-order chi connectivity index (χ1) is 16.5. The zero-order chi connectivity index (χ0) is 25.5. The third-order valence-corrected chi connectivity index (χ3v) is 6.29. The Kier molecular flexibility index (Phi) is 6.83. The second-order valence-electron chi connectivity index (χ2n) is 9.21. The van der Waals surface area contributed by atoms with Gasteiger partial charge in [-0.15, -0.1) is 0 Å². The zero-order valence-corrected chi connectivity index (χ0v) is 22.7. The summed E-state index contributed by atoms with van der Waals surface area (Å²) in [7, 11) is 0. The number of oxazole rings is 1. The van der Waals surface area contributed by atoms with Crippen molar-refractivity contribution < 1.29 is 9.15 Å². The first kappa shape index (κ1) is 25.1. The number of aromatic nitrogens is 5. The fraction of sp³-hybridized carbons (Fsp3) is 0.320. The van der Waals surface area contributed by atoms with Crippen LogP contribution in [0.4, 0.5) is 0 Å². The third-order valence-electron chi connectivity index (χ3n) is 5.29. The summed E-state index contributed by atoms with van der Waals surface area (Å²) in [5.74, 6) is 1.85. The maximum absolute atomic E-state index is 13.4. The predicted molar refractivity (Wildman–Crippen MR) is 137 cm³/mol. The molecule has 0 bridgehead atoms. The summed E-state index contributed by atoms with van der Waals surface area (Å²) < 4.78 is 12.5. The number of nitrogens with zero attached hydrogens (tertiary/aromatic N) is 5. The van der Waals surface area contributed by atoms with Crippen LogP contribution in [0.25, 0.3) is 16.9 Å². The molecule has 182 valence electrons. The van der Waals surface area contributed by atoms with Gasteiger partial charge in [-0.1, -0.05) is 38.4 Å². The Balaban J connectivity index is 1.76. The molecule has 10 heteroatoms. The Morgan fingerprint density at radius 2 is 1.89 bits per heavy atom. The molecule has 0 radical (unpaired) electrons. The lowest BCUT2D eigenvalue weighted by Gasteiger charge is -2.19. The lowest BCUT2D eigenvalue weighted by atomic mass is 9.95. The van der Waals surface area contributed by atoms with E-state index in [2.05, 4.69) is 51.7 Å². The molecule has 0 aliphatic carbocycles. The molecule has 1 aromatic carbocycles. The number of hydrogen-bond donors (Lipinski definition) is 0. The summed E-state index contributed by atoms with van der Waals surface area (Å²) in [4.78, 5) is 31.3. The largest absolute Gasteiger partial charge is 0.470 e. The van der Waals surface area contributed by atoms with Crippen LogP contribution in [0.2, 0.25) is 5.02 Å². The Labute approximate surface area is 216 Å². The van der Waals surface area contributed by atoms with Gasteiger partial charge in [0, 0.05) is 24.1 Å². The van der Waals surface area contributed by atoms with Crippen molar-refractivity contribution in [3.8, 4) is 22.8 Å². The molecule has 0 saturated carbocycles. The van der Waals surface area contributed by atoms with Crippen LogP contribution >= 0.6 is 27.5 Å². The summed E-state index contributed by atoms with van der Waals surface area (Å²) in [6.45, 7) is 11.7. The Morgan fingerprint density at radius 1 is 1.14 bits per heavy atom. The maximum Gasteiger partial charge on any atom is 0.276 e. The number of benzene rings is 1. The lowest BCUT2D eigenvalue weighted by Crippen LogP contribution is -2.24. The number of hydrogen-bond acceptors (Lipinski definition) is 7. The topological polar surface area (TPSA) is 95.9 Å². The predicted octanol–water partition coefficient (Wildman–Crippen LogP) is 5.90. The fourth-order valence-electron chi connectivity index (χ4n) is 3.51. The van der Waals surface area contributed by atoms with Crippen LogP contribution in [0.1, 0.15) is 49.6 Å². The molecular weight excluding hydrogens is 534 g/mol. The summed E-state index contributed by atoms with van der Waals surface area (Å²) in [6.07, 6.45) is 3.32. The summed E-state index contributed by atoms with van der Waals surface area (Å²) in [5, 5.41) is 0.405. The molecule has 0 N–H and O–H groups in total. The number of halogens is 2. The number of ether oxygens (including phenoxy) is 1. The smallest absolute Gasteiger partial charge is 0.276 e. The van der Waals surface area contributed by atoms with Crippen LogP contribution in [0.3, 0.4) is 0 Å². The van der Waals surface area contributed by atoms with Crippen molar-refractivity contribution in [3.63, 3.8) is 0 Å². The molecule has 0 aliphatic heterocycles. The van der Waals surface area contributed by atoms with Crippen molar-refractivity contribution in [2.75, 3.05) is 0 Å². The van der Waals surface area contributed by atoms with Crippen LogP contribution in [0, 0.1) is 20.8 Å². The summed E-state index contributed by atoms with van der Waals surface area (Å²) >= 11 is 9.90. The molecule has 0 atom stereocenters. The molecule has 8 nitrogen and oxygen atoms in total. The highest BCUT2D eigenvalue weighted by Crippen LogP contribution is 2.31. The minimum absolute atomic E-state index is 0.116. The van der Waals surface area contributed by atoms with Crippen molar-refractivity contribution >= 4 is 27.5 Å². The van der Waals surface area contributed by atoms with E-state index in [1.165, 1.54) is 10.8 Å². The zero-order valence-electron chi connectivity index (χ0n) is 20.3. The van der Waals surface area contributed by atoms with E-state index < -0.39 is 0 Å². The van der Waals surface area contributed by atoms with Crippen LogP contribution in [0.15, 0.2) is 44.3 Å². The van der Waals surface area contributed by atoms with E-state index in [0.29, 0.717) is 28.1 Å². The monoisotopic (exact) mass is 557 g/mol. The van der Waals surface area contributed by atoms with Crippen molar-refractivity contribution in [3.05, 3.63) is 79.3 Å². The average Bonchev–Trinajstić information content (AvgIpc) is 3.21. The number of rotatable bonds is 5. The molecule has 0 amide bonds. The molecule has 0 saturated heterocycles. The van der Waals surface area contributed by atoms with Gasteiger partial charge in [0.15, 0.2) is 5.89 Å². The second kappa shape index (κ2) is 9.54. The first-order valence-electron chi connectivity index (χ1n) is 10.9. The normalized spacial score (nSPS) is 11.7. The molecule has 3 heterocycles. The standard InChI is InChI=1S/C25H25BrClN5O3/c1-13-10-28-24(25(4,5)6)31-21(13)16-7-8-18(27)19(9-16)32-14(2)29-22(20(26)23(32)33)35-12-17-11-34-15(3)30-17/h7-11H,12H2,1-6H3. The average molecular weight is 559 g/mol. The van der Waals surface area contributed by atoms with Crippen LogP contribution in [0.5, 0.6) is 5.88 Å². The molecule has 4 aromatic rings. The Hall–Kier alpha value is -3.04. The van der Waals surface area contributed by atoms with Gasteiger partial charge in [0.1, 0.15) is 34.7 Å². The maximum atomic E-state index is 13.4. The van der Waals surface area contributed by atoms with Gasteiger partial charge in [-0.3, -0.25) is 9.36 Å². The van der Waals surface area contributed by atoms with Crippen molar-refractivity contribution in [2.24, 2.45) is 0 Å². The highest BCUT2D eigenvalue weighted by atomic mass is 79.9. The molecule has 0 unspecified atom stereocenters. The van der Waals surface area contributed by atoms with Gasteiger partial charge in [0.25, 0.3) is 5.56 Å². The van der Waals surface area contributed by atoms with Crippen molar-refractivity contribution in [1.82, 2.24) is 24.5 Å². The minimum atomic E-state index is -0.349. The first-order valence-corrected chi connectivity index (χ1v) is 12.1. The van der Waals surface area contributed by atoms with E-state index in [9.17, 15) is 4.79 Å². The van der Waals surface area contributed by atoms with Crippen molar-refractivity contribution in [1.29, 1.82) is 0 Å². The van der Waals surface area contributed by atoms with Crippen molar-refractivity contribution in [2.45, 2.75) is 53.6 Å². The van der Waals surface area contributed by atoms with Gasteiger partial charge in [-0.05, 0) is 47.5 Å². The molecule has 35 heavy (non-hydrogen) atoms. The second-order valence-corrected chi connectivity index (χ2v) is 10.4. The van der Waals surface area contributed by atoms with E-state index in [0.717, 1.165) is 22.6 Å². The van der Waals surface area contributed by atoms with Gasteiger partial charge in [-0.2, -0.15) is 4.98 Å². The van der Waals surface area contributed by atoms with Gasteiger partial charge in [0.05, 0.1) is 16.4 Å². The van der Waals surface area contributed by atoms with E-state index in [4.69, 9.17) is 25.7 Å². The SMILES string of the molecule is Cc1nc(COc2nc(C)n(-c3cc(-c4nc(C(C)(C)C)ncc4C)ccc3Cl)c(=O)c2Br)co1. The minimum Gasteiger partial charge on any atom is -0.470 e. The van der Waals surface area contributed by atoms with Gasteiger partial charge < -0.3 is 9.15 Å². The summed E-state index contributed by atoms with van der Waals surface area (Å²) in [6, 6.07) is 5.47. The third kappa shape index (κ3) is 5.16.